The first-order valence-electron chi connectivity index (χ1n) is 10.3. The second kappa shape index (κ2) is 14.5. The molecule has 0 unspecified atom stereocenters. The molecule has 0 aliphatic rings. The zero-order valence-electron chi connectivity index (χ0n) is 18.9. The number of phenols is 2. The molecule has 0 saturated carbocycles. The molecule has 0 aliphatic heterocycles. The van der Waals surface area contributed by atoms with Gasteiger partial charge in [0, 0.05) is 0 Å². The van der Waals surface area contributed by atoms with Crippen molar-refractivity contribution >= 4 is 11.8 Å². The number of aromatic hydroxyl groups is 2. The van der Waals surface area contributed by atoms with Crippen LogP contribution in [-0.4, -0.2) is 42.8 Å². The van der Waals surface area contributed by atoms with Crippen LogP contribution in [0.4, 0.5) is 0 Å². The maximum atomic E-state index is 12.0. The van der Waals surface area contributed by atoms with E-state index in [-0.39, 0.29) is 23.0 Å². The van der Waals surface area contributed by atoms with Crippen LogP contribution in [0.1, 0.15) is 48.5 Å². The number of carbonyl (C=O) groups is 2. The van der Waals surface area contributed by atoms with E-state index >= 15 is 0 Å². The van der Waals surface area contributed by atoms with Gasteiger partial charge in [0.15, 0.2) is 28.8 Å². The van der Waals surface area contributed by atoms with Crippen LogP contribution in [0.2, 0.25) is 0 Å². The molecule has 0 atom stereocenters. The van der Waals surface area contributed by atoms with Crippen molar-refractivity contribution in [2.75, 3.05) is 20.8 Å². The van der Waals surface area contributed by atoms with E-state index in [4.69, 9.17) is 14.2 Å². The summed E-state index contributed by atoms with van der Waals surface area (Å²) in [6.45, 7) is 5.03. The van der Waals surface area contributed by atoms with Crippen molar-refractivity contribution in [3.8, 4) is 23.0 Å². The number of ketones is 1. The van der Waals surface area contributed by atoms with Gasteiger partial charge in [0.25, 0.3) is 0 Å². The zero-order valence-corrected chi connectivity index (χ0v) is 18.9. The summed E-state index contributed by atoms with van der Waals surface area (Å²) < 4.78 is 15.3. The van der Waals surface area contributed by atoms with Crippen molar-refractivity contribution in [3.05, 3.63) is 60.2 Å². The van der Waals surface area contributed by atoms with Crippen molar-refractivity contribution in [1.29, 1.82) is 0 Å². The monoisotopic (exact) mass is 444 g/mol. The fourth-order valence-corrected chi connectivity index (χ4v) is 2.72. The molecule has 0 aromatic heterocycles. The van der Waals surface area contributed by atoms with Crippen LogP contribution >= 0.6 is 0 Å². The SMILES string of the molecule is C=CC(C)=O.COc1cc(CCCCCCOC(=O)c2ccc(O)c(OC)c2)ccc1O. The van der Waals surface area contributed by atoms with E-state index < -0.39 is 5.97 Å². The molecule has 32 heavy (non-hydrogen) atoms. The van der Waals surface area contributed by atoms with Gasteiger partial charge in [0.1, 0.15) is 0 Å². The van der Waals surface area contributed by atoms with Crippen molar-refractivity contribution < 1.29 is 34.0 Å². The average Bonchev–Trinajstić information content (AvgIpc) is 2.79. The van der Waals surface area contributed by atoms with Gasteiger partial charge >= 0.3 is 5.97 Å². The lowest BCUT2D eigenvalue weighted by atomic mass is 10.1. The number of aryl methyl sites for hydroxylation is 1. The van der Waals surface area contributed by atoms with E-state index in [9.17, 15) is 19.8 Å². The normalized spacial score (nSPS) is 9.84. The Morgan fingerprint density at radius 2 is 1.47 bits per heavy atom. The van der Waals surface area contributed by atoms with E-state index in [0.717, 1.165) is 37.7 Å². The molecular weight excluding hydrogens is 412 g/mol. The Balaban J connectivity index is 0.000000920. The Bertz CT molecular complexity index is 890. The minimum atomic E-state index is -0.426. The Morgan fingerprint density at radius 3 is 2.06 bits per heavy atom. The van der Waals surface area contributed by atoms with Gasteiger partial charge in [-0.25, -0.2) is 4.79 Å². The maximum Gasteiger partial charge on any atom is 0.338 e. The molecule has 7 nitrogen and oxygen atoms in total. The van der Waals surface area contributed by atoms with Gasteiger partial charge in [-0.2, -0.15) is 0 Å². The Hall–Kier alpha value is -3.48. The Labute approximate surface area is 189 Å². The van der Waals surface area contributed by atoms with Crippen LogP contribution in [0.15, 0.2) is 49.1 Å². The van der Waals surface area contributed by atoms with Crippen molar-refractivity contribution in [2.24, 2.45) is 0 Å². The summed E-state index contributed by atoms with van der Waals surface area (Å²) in [6, 6.07) is 9.77. The van der Waals surface area contributed by atoms with Gasteiger partial charge < -0.3 is 24.4 Å². The number of phenolic OH excluding ortho intramolecular Hbond substituents is 2. The van der Waals surface area contributed by atoms with E-state index in [1.165, 1.54) is 45.4 Å². The number of ether oxygens (including phenoxy) is 3. The van der Waals surface area contributed by atoms with Crippen LogP contribution in [0, 0.1) is 0 Å². The first kappa shape index (κ1) is 26.6. The van der Waals surface area contributed by atoms with Gasteiger partial charge in [-0.15, -0.1) is 0 Å². The summed E-state index contributed by atoms with van der Waals surface area (Å²) >= 11 is 0. The van der Waals surface area contributed by atoms with E-state index in [1.54, 1.807) is 6.07 Å². The van der Waals surface area contributed by atoms with E-state index in [0.29, 0.717) is 17.9 Å². The first-order chi connectivity index (χ1) is 15.3. The molecule has 0 saturated heterocycles. The number of hydrogen-bond acceptors (Lipinski definition) is 7. The highest BCUT2D eigenvalue weighted by molar-refractivity contribution is 5.90. The summed E-state index contributed by atoms with van der Waals surface area (Å²) in [5.74, 6) is 0.463. The molecular formula is C25H32O7. The zero-order chi connectivity index (χ0) is 23.9. The molecule has 0 radical (unpaired) electrons. The Morgan fingerprint density at radius 1 is 0.906 bits per heavy atom. The van der Waals surface area contributed by atoms with Gasteiger partial charge in [0.2, 0.25) is 0 Å². The van der Waals surface area contributed by atoms with Gasteiger partial charge in [-0.05, 0) is 68.2 Å². The first-order valence-corrected chi connectivity index (χ1v) is 10.3. The largest absolute Gasteiger partial charge is 0.504 e. The molecule has 0 amide bonds. The fraction of sp³-hybridized carbons (Fsp3) is 0.360. The third kappa shape index (κ3) is 9.55. The van der Waals surface area contributed by atoms with Crippen LogP contribution < -0.4 is 9.47 Å². The number of methoxy groups -OCH3 is 2. The molecule has 2 aromatic rings. The second-order valence-electron chi connectivity index (χ2n) is 7.01. The lowest BCUT2D eigenvalue weighted by Crippen LogP contribution is -2.06. The highest BCUT2D eigenvalue weighted by atomic mass is 16.5. The van der Waals surface area contributed by atoms with Gasteiger partial charge in [-0.3, -0.25) is 4.79 Å². The number of esters is 1. The lowest BCUT2D eigenvalue weighted by molar-refractivity contribution is -0.112. The van der Waals surface area contributed by atoms with Crippen molar-refractivity contribution in [2.45, 2.75) is 39.0 Å². The fourth-order valence-electron chi connectivity index (χ4n) is 2.72. The van der Waals surface area contributed by atoms with E-state index in [1.807, 2.05) is 12.1 Å². The highest BCUT2D eigenvalue weighted by Gasteiger charge is 2.11. The minimum Gasteiger partial charge on any atom is -0.504 e. The quantitative estimate of drug-likeness (QED) is 0.290. The molecule has 2 aromatic carbocycles. The molecule has 0 heterocycles. The molecule has 0 spiro atoms. The van der Waals surface area contributed by atoms with Gasteiger partial charge in [-0.1, -0.05) is 25.5 Å². The van der Waals surface area contributed by atoms with Crippen LogP contribution in [-0.2, 0) is 16.0 Å². The Kier molecular flexibility index (Phi) is 12.0. The van der Waals surface area contributed by atoms with E-state index in [2.05, 4.69) is 6.58 Å². The standard InChI is InChI=1S/C21H26O6.C4H6O/c1-25-19-13-15(8-10-17(19)22)7-5-3-4-6-12-27-21(24)16-9-11-18(23)20(14-16)26-2;1-3-4(2)5/h8-11,13-14,22-23H,3-7,12H2,1-2H3;3H,1H2,2H3. The number of rotatable bonds is 11. The molecule has 2 N–H and O–H groups in total. The average molecular weight is 445 g/mol. The van der Waals surface area contributed by atoms with Crippen LogP contribution in [0.3, 0.4) is 0 Å². The third-order valence-electron chi connectivity index (χ3n) is 4.54. The number of allylic oxidation sites excluding steroid dienone is 1. The molecule has 0 bridgehead atoms. The summed E-state index contributed by atoms with van der Waals surface area (Å²) in [7, 11) is 2.97. The number of unbranched alkanes of at least 4 members (excludes halogenated alkanes) is 3. The molecule has 0 aliphatic carbocycles. The molecule has 7 heteroatoms. The molecule has 174 valence electrons. The smallest absolute Gasteiger partial charge is 0.338 e. The number of hydrogen-bond donors (Lipinski definition) is 2. The second-order valence-corrected chi connectivity index (χ2v) is 7.01. The van der Waals surface area contributed by atoms with Gasteiger partial charge in [0.05, 0.1) is 26.4 Å². The predicted octanol–water partition coefficient (Wildman–Crippen LogP) is 4.84. The maximum absolute atomic E-state index is 12.0. The summed E-state index contributed by atoms with van der Waals surface area (Å²) in [5, 5.41) is 19.1. The number of benzene rings is 2. The number of carbonyl (C=O) groups excluding carboxylic acids is 2. The molecule has 0 fully saturated rings. The molecule has 2 rings (SSSR count). The highest BCUT2D eigenvalue weighted by Crippen LogP contribution is 2.27. The third-order valence-corrected chi connectivity index (χ3v) is 4.54. The lowest BCUT2D eigenvalue weighted by Gasteiger charge is -2.08. The van der Waals surface area contributed by atoms with Crippen molar-refractivity contribution in [3.63, 3.8) is 0 Å². The minimum absolute atomic E-state index is 0.0136. The summed E-state index contributed by atoms with van der Waals surface area (Å²) in [6.07, 6.45) is 5.97. The van der Waals surface area contributed by atoms with Crippen molar-refractivity contribution in [1.82, 2.24) is 0 Å². The summed E-state index contributed by atoms with van der Waals surface area (Å²) in [5.41, 5.74) is 1.48. The van der Waals surface area contributed by atoms with Crippen LogP contribution in [0.25, 0.3) is 0 Å². The topological polar surface area (TPSA) is 102 Å². The summed E-state index contributed by atoms with van der Waals surface area (Å²) in [4.78, 5) is 21.7. The van der Waals surface area contributed by atoms with Crippen LogP contribution in [0.5, 0.6) is 23.0 Å². The predicted molar refractivity (Wildman–Crippen MR) is 123 cm³/mol.